The standard InChI is InChI=1S/C15H16ClN3O/c1-18-8-11(16)7-14(18)15(20)19-6-5-10-3-2-4-13(17)12(10)9-19/h2-4,7-8H,5-6,9,17H2,1H3. The van der Waals surface area contributed by atoms with Crippen molar-refractivity contribution in [2.24, 2.45) is 7.05 Å². The Morgan fingerprint density at radius 1 is 1.40 bits per heavy atom. The maximum Gasteiger partial charge on any atom is 0.270 e. The van der Waals surface area contributed by atoms with Crippen LogP contribution < -0.4 is 5.73 Å². The molecule has 0 fully saturated rings. The number of hydrogen-bond donors (Lipinski definition) is 1. The van der Waals surface area contributed by atoms with E-state index in [2.05, 4.69) is 6.07 Å². The maximum absolute atomic E-state index is 12.6. The molecule has 20 heavy (non-hydrogen) atoms. The normalized spacial score (nSPS) is 14.2. The molecule has 104 valence electrons. The monoisotopic (exact) mass is 289 g/mol. The minimum absolute atomic E-state index is 0.00620. The fraction of sp³-hybridized carbons (Fsp3) is 0.267. The van der Waals surface area contributed by atoms with Crippen LogP contribution >= 0.6 is 11.6 Å². The lowest BCUT2D eigenvalue weighted by molar-refractivity contribution is 0.0725. The van der Waals surface area contributed by atoms with E-state index in [1.165, 1.54) is 5.56 Å². The first-order valence-electron chi connectivity index (χ1n) is 6.53. The van der Waals surface area contributed by atoms with Gasteiger partial charge in [0.15, 0.2) is 0 Å². The number of carbonyl (C=O) groups is 1. The van der Waals surface area contributed by atoms with Crippen molar-refractivity contribution in [2.75, 3.05) is 12.3 Å². The first-order chi connectivity index (χ1) is 9.56. The van der Waals surface area contributed by atoms with E-state index in [4.69, 9.17) is 17.3 Å². The molecular formula is C15H16ClN3O. The summed E-state index contributed by atoms with van der Waals surface area (Å²) in [6.07, 6.45) is 2.57. The Labute approximate surface area is 122 Å². The van der Waals surface area contributed by atoms with Crippen molar-refractivity contribution in [2.45, 2.75) is 13.0 Å². The van der Waals surface area contributed by atoms with Crippen LogP contribution in [0.3, 0.4) is 0 Å². The third-order valence-electron chi connectivity index (χ3n) is 3.79. The molecule has 1 aromatic heterocycles. The van der Waals surface area contributed by atoms with Gasteiger partial charge in [-0.3, -0.25) is 4.79 Å². The molecule has 0 spiro atoms. The highest BCUT2D eigenvalue weighted by atomic mass is 35.5. The van der Waals surface area contributed by atoms with Crippen LogP contribution in [0.1, 0.15) is 21.6 Å². The predicted octanol–water partition coefficient (Wildman–Crippen LogP) is 2.46. The molecule has 0 aliphatic carbocycles. The van der Waals surface area contributed by atoms with Gasteiger partial charge in [0.2, 0.25) is 0 Å². The van der Waals surface area contributed by atoms with Gasteiger partial charge in [-0.25, -0.2) is 0 Å². The number of rotatable bonds is 1. The molecule has 0 saturated carbocycles. The average molecular weight is 290 g/mol. The largest absolute Gasteiger partial charge is 0.398 e. The van der Waals surface area contributed by atoms with Gasteiger partial charge >= 0.3 is 0 Å². The second kappa shape index (κ2) is 4.87. The van der Waals surface area contributed by atoms with Gasteiger partial charge in [0.05, 0.1) is 5.02 Å². The summed E-state index contributed by atoms with van der Waals surface area (Å²) in [5, 5.41) is 0.577. The third-order valence-corrected chi connectivity index (χ3v) is 3.99. The van der Waals surface area contributed by atoms with Crippen molar-refractivity contribution in [3.8, 4) is 0 Å². The summed E-state index contributed by atoms with van der Waals surface area (Å²) in [5.41, 5.74) is 9.67. The highest BCUT2D eigenvalue weighted by molar-refractivity contribution is 6.31. The molecule has 1 amide bonds. The number of nitrogen functional groups attached to an aromatic ring is 1. The van der Waals surface area contributed by atoms with Crippen LogP contribution in [-0.4, -0.2) is 21.9 Å². The van der Waals surface area contributed by atoms with Gasteiger partial charge in [-0.05, 0) is 29.7 Å². The van der Waals surface area contributed by atoms with Gasteiger partial charge in [-0.15, -0.1) is 0 Å². The van der Waals surface area contributed by atoms with Crippen molar-refractivity contribution in [1.82, 2.24) is 9.47 Å². The molecule has 0 radical (unpaired) electrons. The molecule has 1 aliphatic heterocycles. The molecule has 0 atom stereocenters. The number of aryl methyl sites for hydroxylation is 1. The van der Waals surface area contributed by atoms with Crippen molar-refractivity contribution in [1.29, 1.82) is 0 Å². The number of fused-ring (bicyclic) bond motifs is 1. The van der Waals surface area contributed by atoms with Crippen LogP contribution in [0.5, 0.6) is 0 Å². The van der Waals surface area contributed by atoms with E-state index in [0.29, 0.717) is 23.8 Å². The fourth-order valence-electron chi connectivity index (χ4n) is 2.68. The van der Waals surface area contributed by atoms with Gasteiger partial charge in [0.25, 0.3) is 5.91 Å². The lowest BCUT2D eigenvalue weighted by Gasteiger charge is -2.29. The van der Waals surface area contributed by atoms with E-state index in [1.807, 2.05) is 24.1 Å². The van der Waals surface area contributed by atoms with Gasteiger partial charge in [0.1, 0.15) is 5.69 Å². The van der Waals surface area contributed by atoms with E-state index >= 15 is 0 Å². The molecule has 0 bridgehead atoms. The topological polar surface area (TPSA) is 51.3 Å². The summed E-state index contributed by atoms with van der Waals surface area (Å²) in [6.45, 7) is 1.27. The van der Waals surface area contributed by atoms with Gasteiger partial charge in [0, 0.05) is 32.0 Å². The number of amides is 1. The Kier molecular flexibility index (Phi) is 3.18. The summed E-state index contributed by atoms with van der Waals surface area (Å²) < 4.78 is 1.76. The number of nitrogens with zero attached hydrogens (tertiary/aromatic N) is 2. The van der Waals surface area contributed by atoms with Crippen LogP contribution in [0.4, 0.5) is 5.69 Å². The second-order valence-electron chi connectivity index (χ2n) is 5.12. The first kappa shape index (κ1) is 13.1. The second-order valence-corrected chi connectivity index (χ2v) is 5.55. The minimum Gasteiger partial charge on any atom is -0.398 e. The summed E-state index contributed by atoms with van der Waals surface area (Å²) >= 11 is 5.94. The van der Waals surface area contributed by atoms with E-state index in [0.717, 1.165) is 17.7 Å². The van der Waals surface area contributed by atoms with E-state index in [1.54, 1.807) is 16.8 Å². The maximum atomic E-state index is 12.6. The molecule has 5 heteroatoms. The predicted molar refractivity (Wildman–Crippen MR) is 79.7 cm³/mol. The lowest BCUT2D eigenvalue weighted by atomic mass is 9.98. The Balaban J connectivity index is 1.89. The SMILES string of the molecule is Cn1cc(Cl)cc1C(=O)N1CCc2cccc(N)c2C1. The Hall–Kier alpha value is -1.94. The number of halogens is 1. The number of benzene rings is 1. The Bertz CT molecular complexity index is 678. The molecule has 2 N–H and O–H groups in total. The lowest BCUT2D eigenvalue weighted by Crippen LogP contribution is -2.37. The van der Waals surface area contributed by atoms with E-state index in [9.17, 15) is 4.79 Å². The zero-order valence-corrected chi connectivity index (χ0v) is 12.0. The quantitative estimate of drug-likeness (QED) is 0.820. The van der Waals surface area contributed by atoms with Crippen molar-refractivity contribution in [3.05, 3.63) is 52.3 Å². The van der Waals surface area contributed by atoms with Crippen LogP contribution in [0.2, 0.25) is 5.02 Å². The smallest absolute Gasteiger partial charge is 0.270 e. The zero-order chi connectivity index (χ0) is 14.3. The average Bonchev–Trinajstić information content (AvgIpc) is 2.77. The van der Waals surface area contributed by atoms with Crippen LogP contribution in [0.15, 0.2) is 30.5 Å². The van der Waals surface area contributed by atoms with Crippen LogP contribution in [0, 0.1) is 0 Å². The van der Waals surface area contributed by atoms with Gasteiger partial charge < -0.3 is 15.2 Å². The number of anilines is 1. The number of nitrogens with two attached hydrogens (primary N) is 1. The van der Waals surface area contributed by atoms with E-state index < -0.39 is 0 Å². The number of carbonyl (C=O) groups excluding carboxylic acids is 1. The summed E-state index contributed by atoms with van der Waals surface area (Å²) in [7, 11) is 1.82. The number of hydrogen-bond acceptors (Lipinski definition) is 2. The molecule has 0 unspecified atom stereocenters. The Morgan fingerprint density at radius 3 is 2.90 bits per heavy atom. The molecular weight excluding hydrogens is 274 g/mol. The summed E-state index contributed by atoms with van der Waals surface area (Å²) in [5.74, 6) is -0.00620. The van der Waals surface area contributed by atoms with Gasteiger partial charge in [-0.2, -0.15) is 0 Å². The van der Waals surface area contributed by atoms with Crippen molar-refractivity contribution < 1.29 is 4.79 Å². The van der Waals surface area contributed by atoms with Crippen LogP contribution in [0.25, 0.3) is 0 Å². The van der Waals surface area contributed by atoms with Crippen molar-refractivity contribution >= 4 is 23.2 Å². The molecule has 2 aromatic rings. The highest BCUT2D eigenvalue weighted by Gasteiger charge is 2.24. The summed E-state index contributed by atoms with van der Waals surface area (Å²) in [6, 6.07) is 7.62. The molecule has 1 aromatic carbocycles. The minimum atomic E-state index is -0.00620. The Morgan fingerprint density at radius 2 is 2.20 bits per heavy atom. The summed E-state index contributed by atoms with van der Waals surface area (Å²) in [4.78, 5) is 14.4. The zero-order valence-electron chi connectivity index (χ0n) is 11.3. The van der Waals surface area contributed by atoms with E-state index in [-0.39, 0.29) is 5.91 Å². The van der Waals surface area contributed by atoms with Crippen molar-refractivity contribution in [3.63, 3.8) is 0 Å². The first-order valence-corrected chi connectivity index (χ1v) is 6.91. The molecule has 0 saturated heterocycles. The van der Waals surface area contributed by atoms with Gasteiger partial charge in [-0.1, -0.05) is 23.7 Å². The molecule has 1 aliphatic rings. The third kappa shape index (κ3) is 2.16. The highest BCUT2D eigenvalue weighted by Crippen LogP contribution is 2.25. The molecule has 2 heterocycles. The number of aromatic nitrogens is 1. The van der Waals surface area contributed by atoms with Crippen LogP contribution in [-0.2, 0) is 20.0 Å². The fourth-order valence-corrected chi connectivity index (χ4v) is 2.93. The molecule has 4 nitrogen and oxygen atoms in total. The molecule has 3 rings (SSSR count).